The monoisotopic (exact) mass is 342 g/mol. The van der Waals surface area contributed by atoms with Crippen molar-refractivity contribution >= 4 is 28.6 Å². The van der Waals surface area contributed by atoms with E-state index in [4.69, 9.17) is 5.73 Å². The molecule has 1 aromatic rings. The highest BCUT2D eigenvalue weighted by Gasteiger charge is 2.23. The van der Waals surface area contributed by atoms with Gasteiger partial charge in [0, 0.05) is 6.54 Å². The minimum atomic E-state index is -2.78. The molecule has 0 aromatic carbocycles. The molecule has 0 atom stereocenters. The molecule has 1 aromatic heterocycles. The van der Waals surface area contributed by atoms with Gasteiger partial charge in [-0.05, 0) is 28.7 Å². The zero-order valence-electron chi connectivity index (χ0n) is 8.34. The van der Waals surface area contributed by atoms with Gasteiger partial charge in [-0.2, -0.15) is 0 Å². The van der Waals surface area contributed by atoms with Gasteiger partial charge in [-0.15, -0.1) is 0 Å². The molecule has 7 heteroatoms. The number of esters is 1. The van der Waals surface area contributed by atoms with Crippen molar-refractivity contribution in [2.45, 2.75) is 13.0 Å². The van der Waals surface area contributed by atoms with Gasteiger partial charge >= 0.3 is 5.97 Å². The van der Waals surface area contributed by atoms with Crippen molar-refractivity contribution in [2.75, 3.05) is 7.11 Å². The number of hydrogen-bond donors (Lipinski definition) is 1. The van der Waals surface area contributed by atoms with E-state index in [2.05, 4.69) is 9.72 Å². The molecular weight excluding hydrogens is 333 g/mol. The van der Waals surface area contributed by atoms with E-state index in [1.807, 2.05) is 0 Å². The third kappa shape index (κ3) is 2.64. The minimum Gasteiger partial charge on any atom is -0.465 e. The molecule has 4 nitrogen and oxygen atoms in total. The third-order valence-electron chi connectivity index (χ3n) is 1.90. The topological polar surface area (TPSA) is 65.2 Å². The van der Waals surface area contributed by atoms with Crippen molar-refractivity contribution in [3.63, 3.8) is 0 Å². The van der Waals surface area contributed by atoms with E-state index in [1.165, 1.54) is 6.07 Å². The van der Waals surface area contributed by atoms with Gasteiger partial charge in [-0.1, -0.05) is 0 Å². The second kappa shape index (κ2) is 5.48. The van der Waals surface area contributed by atoms with E-state index in [1.54, 1.807) is 22.6 Å². The number of carbonyl (C=O) groups is 1. The van der Waals surface area contributed by atoms with Crippen molar-refractivity contribution in [1.82, 2.24) is 4.98 Å². The van der Waals surface area contributed by atoms with E-state index in [0.717, 1.165) is 7.11 Å². The van der Waals surface area contributed by atoms with Crippen LogP contribution >= 0.6 is 22.6 Å². The van der Waals surface area contributed by atoms with Crippen LogP contribution in [0.15, 0.2) is 6.07 Å². The molecule has 0 bridgehead atoms. The number of nitrogens with two attached hydrogens (primary N) is 1. The fourth-order valence-electron chi connectivity index (χ4n) is 1.17. The van der Waals surface area contributed by atoms with Crippen LogP contribution in [0.1, 0.15) is 28.0 Å². The molecule has 0 amide bonds. The van der Waals surface area contributed by atoms with Crippen molar-refractivity contribution in [1.29, 1.82) is 0 Å². The lowest BCUT2D eigenvalue weighted by atomic mass is 10.1. The Kier molecular flexibility index (Phi) is 4.54. The number of halogens is 3. The summed E-state index contributed by atoms with van der Waals surface area (Å²) < 4.78 is 30.0. The predicted molar refractivity (Wildman–Crippen MR) is 61.1 cm³/mol. The number of ether oxygens (including phenoxy) is 1. The lowest BCUT2D eigenvalue weighted by Crippen LogP contribution is -2.12. The zero-order valence-corrected chi connectivity index (χ0v) is 10.5. The molecule has 2 N–H and O–H groups in total. The van der Waals surface area contributed by atoms with Crippen molar-refractivity contribution in [2.24, 2.45) is 5.73 Å². The summed E-state index contributed by atoms with van der Waals surface area (Å²) in [5, 5.41) is 0. The number of nitrogens with zero attached hydrogens (tertiary/aromatic N) is 1. The van der Waals surface area contributed by atoms with E-state index >= 15 is 0 Å². The Hall–Kier alpha value is -0.830. The average molecular weight is 342 g/mol. The smallest absolute Gasteiger partial charge is 0.338 e. The highest BCUT2D eigenvalue weighted by molar-refractivity contribution is 14.1. The van der Waals surface area contributed by atoms with Crippen LogP contribution in [0.5, 0.6) is 0 Å². The summed E-state index contributed by atoms with van der Waals surface area (Å²) >= 11 is 1.65. The average Bonchev–Trinajstić information content (AvgIpc) is 2.26. The van der Waals surface area contributed by atoms with Gasteiger partial charge < -0.3 is 10.5 Å². The minimum absolute atomic E-state index is 0.0657. The van der Waals surface area contributed by atoms with Crippen LogP contribution in [0.3, 0.4) is 0 Å². The van der Waals surface area contributed by atoms with Gasteiger partial charge in [0.25, 0.3) is 6.43 Å². The van der Waals surface area contributed by atoms with E-state index in [9.17, 15) is 13.6 Å². The Bertz CT molecular complexity index is 413. The Morgan fingerprint density at radius 2 is 2.31 bits per heavy atom. The molecule has 1 heterocycles. The summed E-state index contributed by atoms with van der Waals surface area (Å²) in [6.45, 7) is 0.0729. The van der Waals surface area contributed by atoms with Crippen molar-refractivity contribution in [3.8, 4) is 0 Å². The van der Waals surface area contributed by atoms with Gasteiger partial charge in [0.05, 0.1) is 23.9 Å². The fourth-order valence-corrected chi connectivity index (χ4v) is 2.00. The van der Waals surface area contributed by atoms with Gasteiger partial charge in [-0.3, -0.25) is 0 Å². The Balaban J connectivity index is 3.40. The first-order chi connectivity index (χ1) is 7.51. The lowest BCUT2D eigenvalue weighted by molar-refractivity contribution is 0.0588. The molecule has 0 spiro atoms. The zero-order chi connectivity index (χ0) is 12.3. The summed E-state index contributed by atoms with van der Waals surface area (Å²) in [6.07, 6.45) is -2.78. The number of hydrogen-bond acceptors (Lipinski definition) is 4. The van der Waals surface area contributed by atoms with E-state index in [0.29, 0.717) is 5.69 Å². The van der Waals surface area contributed by atoms with E-state index in [-0.39, 0.29) is 15.8 Å². The normalized spacial score (nSPS) is 10.6. The summed E-state index contributed by atoms with van der Waals surface area (Å²) in [4.78, 5) is 15.2. The number of pyridine rings is 1. The maximum atomic E-state index is 12.7. The molecule has 0 saturated heterocycles. The molecule has 16 heavy (non-hydrogen) atoms. The molecule has 0 fully saturated rings. The first kappa shape index (κ1) is 13.2. The molecule has 0 aliphatic heterocycles. The Labute approximate surface area is 104 Å². The Morgan fingerprint density at radius 1 is 1.69 bits per heavy atom. The molecule has 0 unspecified atom stereocenters. The SMILES string of the molecule is COC(=O)c1cc(CN)nc(I)c1C(F)F. The summed E-state index contributed by atoms with van der Waals surface area (Å²) in [6, 6.07) is 1.23. The lowest BCUT2D eigenvalue weighted by Gasteiger charge is -2.10. The van der Waals surface area contributed by atoms with Crippen LogP contribution in [-0.4, -0.2) is 18.1 Å². The number of carbonyl (C=O) groups excluding carboxylic acids is 1. The maximum absolute atomic E-state index is 12.7. The van der Waals surface area contributed by atoms with Gasteiger partial charge in [0.2, 0.25) is 0 Å². The van der Waals surface area contributed by atoms with Crippen LogP contribution in [0.4, 0.5) is 8.78 Å². The molecule has 0 aliphatic rings. The van der Waals surface area contributed by atoms with Crippen LogP contribution in [-0.2, 0) is 11.3 Å². The largest absolute Gasteiger partial charge is 0.465 e. The molecule has 1 rings (SSSR count). The van der Waals surface area contributed by atoms with E-state index < -0.39 is 18.0 Å². The second-order valence-electron chi connectivity index (χ2n) is 2.86. The summed E-state index contributed by atoms with van der Waals surface area (Å²) in [5.41, 5.74) is 5.12. The number of rotatable bonds is 3. The maximum Gasteiger partial charge on any atom is 0.338 e. The molecular formula is C9H9F2IN2O2. The van der Waals surface area contributed by atoms with Gasteiger partial charge in [-0.25, -0.2) is 18.6 Å². The highest BCUT2D eigenvalue weighted by atomic mass is 127. The van der Waals surface area contributed by atoms with Crippen LogP contribution < -0.4 is 5.73 Å². The summed E-state index contributed by atoms with van der Waals surface area (Å²) in [5.74, 6) is -0.815. The quantitative estimate of drug-likeness (QED) is 0.518. The molecule has 0 radical (unpaired) electrons. The van der Waals surface area contributed by atoms with Crippen molar-refractivity contribution < 1.29 is 18.3 Å². The number of aromatic nitrogens is 1. The van der Waals surface area contributed by atoms with Crippen LogP contribution in [0.2, 0.25) is 0 Å². The molecule has 88 valence electrons. The predicted octanol–water partition coefficient (Wildman–Crippen LogP) is 1.87. The van der Waals surface area contributed by atoms with Gasteiger partial charge in [0.1, 0.15) is 3.70 Å². The van der Waals surface area contributed by atoms with Crippen molar-refractivity contribution in [3.05, 3.63) is 26.6 Å². The third-order valence-corrected chi connectivity index (χ3v) is 2.72. The first-order valence-electron chi connectivity index (χ1n) is 4.27. The first-order valence-corrected chi connectivity index (χ1v) is 5.35. The Morgan fingerprint density at radius 3 is 2.75 bits per heavy atom. The molecule has 0 saturated carbocycles. The van der Waals surface area contributed by atoms with Gasteiger partial charge in [0.15, 0.2) is 0 Å². The van der Waals surface area contributed by atoms with Crippen LogP contribution in [0.25, 0.3) is 0 Å². The number of methoxy groups -OCH3 is 1. The van der Waals surface area contributed by atoms with Crippen LogP contribution in [0, 0.1) is 3.70 Å². The highest BCUT2D eigenvalue weighted by Crippen LogP contribution is 2.28. The second-order valence-corrected chi connectivity index (χ2v) is 3.88. The summed E-state index contributed by atoms with van der Waals surface area (Å²) in [7, 11) is 1.13. The standard InChI is InChI=1S/C9H9F2IN2O2/c1-16-9(15)5-2-4(3-13)14-8(12)6(5)7(10)11/h2,7H,3,13H2,1H3. The number of alkyl halides is 2. The molecule has 0 aliphatic carbocycles. The fraction of sp³-hybridized carbons (Fsp3) is 0.333.